The Morgan fingerprint density at radius 3 is 1.49 bits per heavy atom. The Morgan fingerprint density at radius 1 is 0.410 bits per heavy atom. The van der Waals surface area contributed by atoms with Gasteiger partial charge in [-0.1, -0.05) is 123 Å². The third kappa shape index (κ3) is 5.51. The van der Waals surface area contributed by atoms with Crippen LogP contribution in [0.25, 0.3) is 56.5 Å². The highest BCUT2D eigenvalue weighted by Crippen LogP contribution is 2.29. The SMILES string of the molecule is CCCc1cccc(-c2cccc(-c3ccc(-c4nc(-c5ccccc5)nc(-c5ccccc5)n4)cc3)c2)n1. The summed E-state index contributed by atoms with van der Waals surface area (Å²) in [7, 11) is 0. The fourth-order valence-corrected chi connectivity index (χ4v) is 4.64. The van der Waals surface area contributed by atoms with Crippen LogP contribution in [-0.2, 0) is 6.42 Å². The van der Waals surface area contributed by atoms with Crippen molar-refractivity contribution in [2.24, 2.45) is 0 Å². The molecule has 188 valence electrons. The van der Waals surface area contributed by atoms with E-state index in [2.05, 4.69) is 73.7 Å². The lowest BCUT2D eigenvalue weighted by molar-refractivity contribution is 0.884. The van der Waals surface area contributed by atoms with E-state index in [1.54, 1.807) is 0 Å². The first-order valence-corrected chi connectivity index (χ1v) is 13.3. The molecule has 4 heteroatoms. The molecule has 6 rings (SSSR count). The highest BCUT2D eigenvalue weighted by molar-refractivity contribution is 5.74. The normalized spacial score (nSPS) is 10.9. The zero-order chi connectivity index (χ0) is 26.4. The largest absolute Gasteiger partial charge is 0.253 e. The lowest BCUT2D eigenvalue weighted by Gasteiger charge is -2.10. The summed E-state index contributed by atoms with van der Waals surface area (Å²) in [4.78, 5) is 19.4. The molecular weight excluding hydrogens is 476 g/mol. The number of aromatic nitrogens is 4. The fraction of sp³-hybridized carbons (Fsp3) is 0.0857. The monoisotopic (exact) mass is 504 g/mol. The number of hydrogen-bond donors (Lipinski definition) is 0. The smallest absolute Gasteiger partial charge is 0.164 e. The maximum absolute atomic E-state index is 4.87. The van der Waals surface area contributed by atoms with Crippen molar-refractivity contribution < 1.29 is 0 Å². The molecule has 39 heavy (non-hydrogen) atoms. The average molecular weight is 505 g/mol. The van der Waals surface area contributed by atoms with Gasteiger partial charge in [0, 0.05) is 27.9 Å². The average Bonchev–Trinajstić information content (AvgIpc) is 3.02. The molecule has 0 bridgehead atoms. The molecule has 0 saturated heterocycles. The molecule has 0 aliphatic carbocycles. The molecule has 0 N–H and O–H groups in total. The molecule has 0 saturated carbocycles. The standard InChI is InChI=1S/C35H28N4/c1-2-11-31-18-10-19-32(36-31)30-17-9-16-29(24-30)25-20-22-28(23-21-25)35-38-33(26-12-5-3-6-13-26)37-34(39-35)27-14-7-4-8-15-27/h3-10,12-24H,2,11H2,1H3. The van der Waals surface area contributed by atoms with Crippen LogP contribution in [0.2, 0.25) is 0 Å². The Labute approximate surface area is 229 Å². The van der Waals surface area contributed by atoms with Gasteiger partial charge in [-0.3, -0.25) is 4.98 Å². The first-order valence-electron chi connectivity index (χ1n) is 13.3. The molecule has 0 aliphatic heterocycles. The van der Waals surface area contributed by atoms with Crippen LogP contribution < -0.4 is 0 Å². The highest BCUT2D eigenvalue weighted by Gasteiger charge is 2.12. The minimum atomic E-state index is 0.653. The van der Waals surface area contributed by atoms with Crippen LogP contribution in [0.4, 0.5) is 0 Å². The lowest BCUT2D eigenvalue weighted by atomic mass is 10.00. The van der Waals surface area contributed by atoms with Crippen molar-refractivity contribution in [2.45, 2.75) is 19.8 Å². The molecule has 0 radical (unpaired) electrons. The van der Waals surface area contributed by atoms with E-state index >= 15 is 0 Å². The van der Waals surface area contributed by atoms with E-state index in [0.717, 1.165) is 57.6 Å². The first kappa shape index (κ1) is 24.4. The maximum Gasteiger partial charge on any atom is 0.164 e. The second-order valence-electron chi connectivity index (χ2n) is 9.46. The molecule has 2 aromatic heterocycles. The highest BCUT2D eigenvalue weighted by atomic mass is 15.0. The van der Waals surface area contributed by atoms with Gasteiger partial charge in [0.05, 0.1) is 5.69 Å². The van der Waals surface area contributed by atoms with Gasteiger partial charge >= 0.3 is 0 Å². The predicted molar refractivity (Wildman–Crippen MR) is 159 cm³/mol. The van der Waals surface area contributed by atoms with E-state index in [-0.39, 0.29) is 0 Å². The van der Waals surface area contributed by atoms with Gasteiger partial charge < -0.3 is 0 Å². The van der Waals surface area contributed by atoms with Crippen molar-refractivity contribution in [3.05, 3.63) is 133 Å². The summed E-state index contributed by atoms with van der Waals surface area (Å²) in [5.74, 6) is 1.98. The quantitative estimate of drug-likeness (QED) is 0.218. The summed E-state index contributed by atoms with van der Waals surface area (Å²) in [6, 6.07) is 43.3. The van der Waals surface area contributed by atoms with Gasteiger partial charge in [0.25, 0.3) is 0 Å². The van der Waals surface area contributed by atoms with Crippen LogP contribution in [-0.4, -0.2) is 19.9 Å². The van der Waals surface area contributed by atoms with Crippen LogP contribution in [0, 0.1) is 0 Å². The van der Waals surface area contributed by atoms with Gasteiger partial charge in [-0.2, -0.15) is 0 Å². The Balaban J connectivity index is 1.35. The third-order valence-electron chi connectivity index (χ3n) is 6.65. The summed E-state index contributed by atoms with van der Waals surface area (Å²) >= 11 is 0. The number of rotatable bonds is 7. The predicted octanol–water partition coefficient (Wildman–Crippen LogP) is 8.55. The van der Waals surface area contributed by atoms with E-state index in [1.165, 1.54) is 0 Å². The van der Waals surface area contributed by atoms with Crippen LogP contribution in [0.15, 0.2) is 127 Å². The van der Waals surface area contributed by atoms with E-state index in [0.29, 0.717) is 17.5 Å². The number of hydrogen-bond acceptors (Lipinski definition) is 4. The van der Waals surface area contributed by atoms with Gasteiger partial charge in [-0.25, -0.2) is 15.0 Å². The zero-order valence-electron chi connectivity index (χ0n) is 21.8. The van der Waals surface area contributed by atoms with Gasteiger partial charge in [0.1, 0.15) is 0 Å². The van der Waals surface area contributed by atoms with Crippen molar-refractivity contribution in [1.29, 1.82) is 0 Å². The van der Waals surface area contributed by atoms with Crippen LogP contribution >= 0.6 is 0 Å². The van der Waals surface area contributed by atoms with Crippen molar-refractivity contribution in [3.63, 3.8) is 0 Å². The fourth-order valence-electron chi connectivity index (χ4n) is 4.64. The Kier molecular flexibility index (Phi) is 7.00. The number of aryl methyl sites for hydroxylation is 1. The second kappa shape index (κ2) is 11.2. The van der Waals surface area contributed by atoms with Gasteiger partial charge in [-0.15, -0.1) is 0 Å². The van der Waals surface area contributed by atoms with Crippen LogP contribution in [0.3, 0.4) is 0 Å². The lowest BCUT2D eigenvalue weighted by Crippen LogP contribution is -2.00. The molecule has 0 aliphatic rings. The van der Waals surface area contributed by atoms with Crippen LogP contribution in [0.1, 0.15) is 19.0 Å². The van der Waals surface area contributed by atoms with E-state index in [9.17, 15) is 0 Å². The molecule has 0 spiro atoms. The summed E-state index contributed by atoms with van der Waals surface area (Å²) in [5.41, 5.74) is 8.40. The number of nitrogens with zero attached hydrogens (tertiary/aromatic N) is 4. The molecule has 0 unspecified atom stereocenters. The summed E-state index contributed by atoms with van der Waals surface area (Å²) in [6.45, 7) is 2.18. The van der Waals surface area contributed by atoms with Crippen LogP contribution in [0.5, 0.6) is 0 Å². The minimum Gasteiger partial charge on any atom is -0.253 e. The Bertz CT molecular complexity index is 1640. The number of benzene rings is 4. The van der Waals surface area contributed by atoms with Gasteiger partial charge in [0.15, 0.2) is 17.5 Å². The van der Waals surface area contributed by atoms with E-state index in [4.69, 9.17) is 19.9 Å². The van der Waals surface area contributed by atoms with Crippen molar-refractivity contribution >= 4 is 0 Å². The van der Waals surface area contributed by atoms with Crippen molar-refractivity contribution in [2.75, 3.05) is 0 Å². The molecule has 4 nitrogen and oxygen atoms in total. The third-order valence-corrected chi connectivity index (χ3v) is 6.65. The van der Waals surface area contributed by atoms with E-state index < -0.39 is 0 Å². The molecule has 2 heterocycles. The van der Waals surface area contributed by atoms with Gasteiger partial charge in [-0.05, 0) is 35.7 Å². The zero-order valence-corrected chi connectivity index (χ0v) is 21.8. The second-order valence-corrected chi connectivity index (χ2v) is 9.46. The van der Waals surface area contributed by atoms with E-state index in [1.807, 2.05) is 60.7 Å². The summed E-state index contributed by atoms with van der Waals surface area (Å²) in [5, 5.41) is 0. The molecule has 6 aromatic rings. The van der Waals surface area contributed by atoms with Gasteiger partial charge in [0.2, 0.25) is 0 Å². The minimum absolute atomic E-state index is 0.653. The van der Waals surface area contributed by atoms with Crippen molar-refractivity contribution in [3.8, 4) is 56.5 Å². The molecule has 4 aromatic carbocycles. The molecular formula is C35H28N4. The summed E-state index contributed by atoms with van der Waals surface area (Å²) in [6.07, 6.45) is 2.08. The summed E-state index contributed by atoms with van der Waals surface area (Å²) < 4.78 is 0. The first-order chi connectivity index (χ1) is 19.3. The number of pyridine rings is 1. The topological polar surface area (TPSA) is 51.6 Å². The maximum atomic E-state index is 4.87. The molecule has 0 amide bonds. The molecule has 0 atom stereocenters. The molecule has 0 fully saturated rings. The van der Waals surface area contributed by atoms with Crippen molar-refractivity contribution in [1.82, 2.24) is 19.9 Å². The Morgan fingerprint density at radius 2 is 0.897 bits per heavy atom. The Hall–Kier alpha value is -4.96.